The summed E-state index contributed by atoms with van der Waals surface area (Å²) in [7, 11) is -3.59. The number of benzene rings is 1. The second-order valence-corrected chi connectivity index (χ2v) is 8.78. The molecule has 1 amide bonds. The molecule has 8 nitrogen and oxygen atoms in total. The third-order valence-electron chi connectivity index (χ3n) is 4.60. The molecule has 0 unspecified atom stereocenters. The Morgan fingerprint density at radius 3 is 2.50 bits per heavy atom. The number of anilines is 1. The van der Waals surface area contributed by atoms with Gasteiger partial charge in [-0.2, -0.15) is 22.6 Å². The van der Waals surface area contributed by atoms with Crippen LogP contribution in [0, 0.1) is 5.92 Å². The molecule has 1 aromatic heterocycles. The lowest BCUT2D eigenvalue weighted by Crippen LogP contribution is -2.41. The zero-order chi connectivity index (χ0) is 21.8. The Morgan fingerprint density at radius 2 is 1.87 bits per heavy atom. The minimum Gasteiger partial charge on any atom is -0.350 e. The molecule has 0 spiro atoms. The summed E-state index contributed by atoms with van der Waals surface area (Å²) in [5.74, 6) is -0.667. The van der Waals surface area contributed by atoms with Gasteiger partial charge < -0.3 is 10.1 Å². The highest BCUT2D eigenvalue weighted by molar-refractivity contribution is 7.89. The van der Waals surface area contributed by atoms with Crippen LogP contribution in [0.1, 0.15) is 12.8 Å². The van der Waals surface area contributed by atoms with Gasteiger partial charge in [0.2, 0.25) is 15.9 Å². The minimum atomic E-state index is -4.42. The average Bonchev–Trinajstić information content (AvgIpc) is 3.15. The van der Waals surface area contributed by atoms with Gasteiger partial charge in [-0.1, -0.05) is 18.2 Å². The summed E-state index contributed by atoms with van der Waals surface area (Å²) < 4.78 is 68.5. The number of nitrogens with one attached hydrogen (secondary N) is 1. The summed E-state index contributed by atoms with van der Waals surface area (Å²) in [5.41, 5.74) is 0.329. The molecule has 1 N–H and O–H groups in total. The lowest BCUT2D eigenvalue weighted by molar-refractivity contribution is -0.182. The normalized spacial score (nSPS) is 16.5. The van der Waals surface area contributed by atoms with Crippen molar-refractivity contribution in [2.45, 2.75) is 30.6 Å². The fourth-order valence-electron chi connectivity index (χ4n) is 3.10. The Hall–Kier alpha value is -2.44. The molecule has 1 aliphatic heterocycles. The molecular weight excluding hydrogens is 425 g/mol. The number of aromatic nitrogens is 2. The number of alkyl halides is 3. The van der Waals surface area contributed by atoms with Gasteiger partial charge >= 0.3 is 6.18 Å². The lowest BCUT2D eigenvalue weighted by Gasteiger charge is -2.30. The molecule has 2 heterocycles. The average molecular weight is 446 g/mol. The van der Waals surface area contributed by atoms with Crippen molar-refractivity contribution < 1.29 is 31.1 Å². The second-order valence-electron chi connectivity index (χ2n) is 6.84. The van der Waals surface area contributed by atoms with Crippen molar-refractivity contribution in [3.8, 4) is 0 Å². The van der Waals surface area contributed by atoms with E-state index in [2.05, 4.69) is 15.2 Å². The van der Waals surface area contributed by atoms with E-state index < -0.39 is 29.5 Å². The monoisotopic (exact) mass is 446 g/mol. The molecule has 0 bridgehead atoms. The number of halogens is 3. The first-order chi connectivity index (χ1) is 14.1. The quantitative estimate of drug-likeness (QED) is 0.705. The molecule has 164 valence electrons. The Bertz CT molecular complexity index is 955. The molecule has 3 rings (SSSR count). The number of nitrogens with zero attached hydrogens (tertiary/aromatic N) is 3. The van der Waals surface area contributed by atoms with Crippen LogP contribution in [0.2, 0.25) is 0 Å². The van der Waals surface area contributed by atoms with Gasteiger partial charge in [0.1, 0.15) is 13.3 Å². The first-order valence-corrected chi connectivity index (χ1v) is 10.6. The molecule has 30 heavy (non-hydrogen) atoms. The van der Waals surface area contributed by atoms with Crippen LogP contribution in [-0.2, 0) is 26.3 Å². The molecule has 12 heteroatoms. The number of hydrogen-bond donors (Lipinski definition) is 1. The third kappa shape index (κ3) is 5.80. The molecule has 0 saturated carbocycles. The van der Waals surface area contributed by atoms with Gasteiger partial charge in [0, 0.05) is 19.0 Å². The van der Waals surface area contributed by atoms with E-state index in [1.165, 1.54) is 28.8 Å². The predicted octanol–water partition coefficient (Wildman–Crippen LogP) is 2.46. The number of carbonyl (C=O) groups is 1. The summed E-state index contributed by atoms with van der Waals surface area (Å²) in [4.78, 5) is 12.7. The number of hydrogen-bond acceptors (Lipinski definition) is 5. The van der Waals surface area contributed by atoms with Crippen LogP contribution in [0.5, 0.6) is 0 Å². The summed E-state index contributed by atoms with van der Waals surface area (Å²) in [6, 6.07) is 8.11. The summed E-state index contributed by atoms with van der Waals surface area (Å²) in [6.45, 7) is -1.34. The van der Waals surface area contributed by atoms with E-state index in [1.807, 2.05) is 0 Å². The van der Waals surface area contributed by atoms with Crippen molar-refractivity contribution in [3.63, 3.8) is 0 Å². The van der Waals surface area contributed by atoms with Crippen LogP contribution in [-0.4, -0.2) is 54.3 Å². The van der Waals surface area contributed by atoms with E-state index in [0.717, 1.165) is 4.68 Å². The van der Waals surface area contributed by atoms with E-state index in [1.54, 1.807) is 18.2 Å². The van der Waals surface area contributed by atoms with Gasteiger partial charge in [-0.3, -0.25) is 4.79 Å². The fraction of sp³-hybridized carbons (Fsp3) is 0.444. The van der Waals surface area contributed by atoms with Gasteiger partial charge in [0.05, 0.1) is 23.0 Å². The number of rotatable bonds is 7. The molecule has 1 aromatic carbocycles. The maximum absolute atomic E-state index is 12.6. The van der Waals surface area contributed by atoms with Gasteiger partial charge in [-0.05, 0) is 25.0 Å². The smallest absolute Gasteiger partial charge is 0.350 e. The molecule has 0 aliphatic carbocycles. The standard InChI is InChI=1S/C18H21F3N4O4S/c19-18(20,21)12-29-13-24-11-15(10-22-24)23-17(26)14-6-8-25(9-7-14)30(27,28)16-4-2-1-3-5-16/h1-5,10-11,14H,6-9,12-13H2,(H,23,26). The topological polar surface area (TPSA) is 93.5 Å². The van der Waals surface area contributed by atoms with Crippen LogP contribution in [0.15, 0.2) is 47.6 Å². The van der Waals surface area contributed by atoms with Crippen LogP contribution < -0.4 is 5.32 Å². The Morgan fingerprint density at radius 1 is 1.20 bits per heavy atom. The SMILES string of the molecule is O=C(Nc1cnn(COCC(F)(F)F)c1)C1CCN(S(=O)(=O)c2ccccc2)CC1. The van der Waals surface area contributed by atoms with Gasteiger partial charge in [0.15, 0.2) is 0 Å². The van der Waals surface area contributed by atoms with E-state index in [9.17, 15) is 26.4 Å². The van der Waals surface area contributed by atoms with Gasteiger partial charge in [-0.15, -0.1) is 0 Å². The zero-order valence-electron chi connectivity index (χ0n) is 15.9. The van der Waals surface area contributed by atoms with Crippen LogP contribution in [0.3, 0.4) is 0 Å². The number of carbonyl (C=O) groups excluding carboxylic acids is 1. The molecule has 1 aliphatic rings. The first kappa shape index (κ1) is 22.2. The predicted molar refractivity (Wildman–Crippen MR) is 101 cm³/mol. The highest BCUT2D eigenvalue weighted by atomic mass is 32.2. The summed E-state index contributed by atoms with van der Waals surface area (Å²) in [6.07, 6.45) is -1.03. The highest BCUT2D eigenvalue weighted by Gasteiger charge is 2.32. The van der Waals surface area contributed by atoms with Gasteiger partial charge in [0.25, 0.3) is 0 Å². The maximum Gasteiger partial charge on any atom is 0.411 e. The fourth-order valence-corrected chi connectivity index (χ4v) is 4.59. The van der Waals surface area contributed by atoms with E-state index in [4.69, 9.17) is 0 Å². The van der Waals surface area contributed by atoms with Crippen LogP contribution in [0.4, 0.5) is 18.9 Å². The summed E-state index contributed by atoms with van der Waals surface area (Å²) >= 11 is 0. The Labute approximate surface area is 171 Å². The Kier molecular flexibility index (Phi) is 6.78. The van der Waals surface area contributed by atoms with Crippen molar-refractivity contribution in [2.75, 3.05) is 25.0 Å². The van der Waals surface area contributed by atoms with Gasteiger partial charge in [-0.25, -0.2) is 13.1 Å². The number of ether oxygens (including phenoxy) is 1. The largest absolute Gasteiger partial charge is 0.411 e. The van der Waals surface area contributed by atoms with E-state index in [0.29, 0.717) is 18.5 Å². The zero-order valence-corrected chi connectivity index (χ0v) is 16.7. The van der Waals surface area contributed by atoms with Crippen molar-refractivity contribution in [3.05, 3.63) is 42.7 Å². The van der Waals surface area contributed by atoms with E-state index in [-0.39, 0.29) is 29.8 Å². The van der Waals surface area contributed by atoms with E-state index >= 15 is 0 Å². The second kappa shape index (κ2) is 9.14. The molecule has 0 atom stereocenters. The number of amides is 1. The molecule has 2 aromatic rings. The highest BCUT2D eigenvalue weighted by Crippen LogP contribution is 2.24. The van der Waals surface area contributed by atoms with Crippen molar-refractivity contribution in [2.24, 2.45) is 5.92 Å². The van der Waals surface area contributed by atoms with Crippen molar-refractivity contribution in [1.82, 2.24) is 14.1 Å². The van der Waals surface area contributed by atoms with Crippen LogP contribution >= 0.6 is 0 Å². The minimum absolute atomic E-state index is 0.216. The van der Waals surface area contributed by atoms with Crippen LogP contribution in [0.25, 0.3) is 0 Å². The summed E-state index contributed by atoms with van der Waals surface area (Å²) in [5, 5.41) is 6.49. The first-order valence-electron chi connectivity index (χ1n) is 9.18. The molecule has 1 fully saturated rings. The molecular formula is C18H21F3N4O4S. The molecule has 1 saturated heterocycles. The van der Waals surface area contributed by atoms with Crippen molar-refractivity contribution >= 4 is 21.6 Å². The maximum atomic E-state index is 12.6. The van der Waals surface area contributed by atoms with Crippen molar-refractivity contribution in [1.29, 1.82) is 0 Å². The lowest BCUT2D eigenvalue weighted by atomic mass is 9.97. The number of piperidine rings is 1. The third-order valence-corrected chi connectivity index (χ3v) is 6.51. The molecule has 0 radical (unpaired) electrons. The Balaban J connectivity index is 1.49. The number of sulfonamides is 1.